The molecule has 4 fully saturated rings. The Morgan fingerprint density at radius 3 is 2.00 bits per heavy atom. The predicted octanol–water partition coefficient (Wildman–Crippen LogP) is 2.93. The van der Waals surface area contributed by atoms with Crippen LogP contribution in [0, 0.1) is 23.7 Å². The largest absolute Gasteiger partial charge is 0.458 e. The zero-order chi connectivity index (χ0) is 11.3. The first-order chi connectivity index (χ1) is 7.63. The monoisotopic (exact) mass is 220 g/mol. The maximum absolute atomic E-state index is 11.6. The van der Waals surface area contributed by atoms with Gasteiger partial charge in [0, 0.05) is 5.57 Å². The number of carbonyl (C=O) groups is 1. The smallest absolute Gasteiger partial charge is 0.333 e. The van der Waals surface area contributed by atoms with Gasteiger partial charge in [0.1, 0.15) is 6.10 Å². The van der Waals surface area contributed by atoms with Crippen LogP contribution in [0.2, 0.25) is 0 Å². The lowest BCUT2D eigenvalue weighted by atomic mass is 9.55. The fraction of sp³-hybridized carbons (Fsp3) is 0.786. The van der Waals surface area contributed by atoms with Crippen molar-refractivity contribution >= 4 is 5.97 Å². The first kappa shape index (κ1) is 10.4. The molecule has 88 valence electrons. The number of ether oxygens (including phenoxy) is 1. The summed E-state index contributed by atoms with van der Waals surface area (Å²) in [5, 5.41) is 0. The van der Waals surface area contributed by atoms with E-state index in [1.54, 1.807) is 6.92 Å². The molecule has 0 spiro atoms. The third-order valence-electron chi connectivity index (χ3n) is 4.73. The summed E-state index contributed by atoms with van der Waals surface area (Å²) < 4.78 is 5.65. The van der Waals surface area contributed by atoms with Gasteiger partial charge >= 0.3 is 5.97 Å². The van der Waals surface area contributed by atoms with E-state index in [9.17, 15) is 4.79 Å². The molecule has 4 aliphatic carbocycles. The average Bonchev–Trinajstić information content (AvgIpc) is 2.21. The number of rotatable bonds is 2. The zero-order valence-electron chi connectivity index (χ0n) is 9.95. The fourth-order valence-electron chi connectivity index (χ4n) is 4.29. The van der Waals surface area contributed by atoms with E-state index in [0.717, 1.165) is 11.8 Å². The molecule has 0 saturated heterocycles. The highest BCUT2D eigenvalue weighted by Crippen LogP contribution is 2.54. The Morgan fingerprint density at radius 1 is 1.06 bits per heavy atom. The Bertz CT molecular complexity index is 304. The van der Waals surface area contributed by atoms with Crippen LogP contribution in [0.15, 0.2) is 12.2 Å². The maximum Gasteiger partial charge on any atom is 0.333 e. The fourth-order valence-corrected chi connectivity index (χ4v) is 4.29. The van der Waals surface area contributed by atoms with Crippen LogP contribution in [0.5, 0.6) is 0 Å². The summed E-state index contributed by atoms with van der Waals surface area (Å²) in [6.45, 7) is 5.40. The Kier molecular flexibility index (Phi) is 2.34. The summed E-state index contributed by atoms with van der Waals surface area (Å²) in [5.74, 6) is 2.99. The van der Waals surface area contributed by atoms with Crippen molar-refractivity contribution in [3.63, 3.8) is 0 Å². The second-order valence-corrected chi connectivity index (χ2v) is 6.08. The number of hydrogen-bond acceptors (Lipinski definition) is 2. The van der Waals surface area contributed by atoms with E-state index >= 15 is 0 Å². The quantitative estimate of drug-likeness (QED) is 0.528. The summed E-state index contributed by atoms with van der Waals surface area (Å²) in [6, 6.07) is 0. The highest BCUT2D eigenvalue weighted by atomic mass is 16.5. The molecule has 0 heterocycles. The van der Waals surface area contributed by atoms with Crippen LogP contribution >= 0.6 is 0 Å². The van der Waals surface area contributed by atoms with Gasteiger partial charge in [-0.3, -0.25) is 0 Å². The van der Waals surface area contributed by atoms with Gasteiger partial charge in [0.25, 0.3) is 0 Å². The normalized spacial score (nSPS) is 44.4. The van der Waals surface area contributed by atoms with Crippen LogP contribution < -0.4 is 0 Å². The molecule has 0 unspecified atom stereocenters. The van der Waals surface area contributed by atoms with Crippen LogP contribution in [-0.2, 0) is 9.53 Å². The van der Waals surface area contributed by atoms with Crippen LogP contribution in [-0.4, -0.2) is 12.1 Å². The minimum atomic E-state index is -0.183. The van der Waals surface area contributed by atoms with Crippen molar-refractivity contribution in [2.75, 3.05) is 0 Å². The van der Waals surface area contributed by atoms with Gasteiger partial charge in [-0.15, -0.1) is 0 Å². The van der Waals surface area contributed by atoms with Crippen molar-refractivity contribution in [3.05, 3.63) is 12.2 Å². The third-order valence-corrected chi connectivity index (χ3v) is 4.73. The van der Waals surface area contributed by atoms with E-state index in [4.69, 9.17) is 4.74 Å². The Hall–Kier alpha value is -0.790. The van der Waals surface area contributed by atoms with Gasteiger partial charge in [0.05, 0.1) is 0 Å². The number of esters is 1. The minimum Gasteiger partial charge on any atom is -0.458 e. The SMILES string of the molecule is C=C(C)C(=O)OC1C2CC3CC(C2)CC1C3. The second-order valence-electron chi connectivity index (χ2n) is 6.08. The number of carbonyl (C=O) groups excluding carboxylic acids is 1. The standard InChI is InChI=1S/C14H20O2/c1-8(2)14(15)16-13-11-4-9-3-10(6-11)7-12(13)5-9/h9-13H,1,3-7H2,2H3. The molecule has 0 atom stereocenters. The summed E-state index contributed by atoms with van der Waals surface area (Å²) in [7, 11) is 0. The number of hydrogen-bond donors (Lipinski definition) is 0. The molecule has 4 saturated carbocycles. The summed E-state index contributed by atoms with van der Waals surface area (Å²) in [4.78, 5) is 11.6. The molecule has 0 aromatic carbocycles. The van der Waals surface area contributed by atoms with Crippen LogP contribution in [0.1, 0.15) is 39.0 Å². The Labute approximate surface area is 97.1 Å². The molecule has 4 bridgehead atoms. The minimum absolute atomic E-state index is 0.183. The van der Waals surface area contributed by atoms with Gasteiger partial charge in [-0.1, -0.05) is 6.58 Å². The molecule has 4 rings (SSSR count). The zero-order valence-corrected chi connectivity index (χ0v) is 9.95. The van der Waals surface area contributed by atoms with Crippen molar-refractivity contribution in [2.45, 2.75) is 45.1 Å². The second kappa shape index (κ2) is 3.61. The first-order valence-corrected chi connectivity index (χ1v) is 6.50. The summed E-state index contributed by atoms with van der Waals surface area (Å²) in [6.07, 6.45) is 6.82. The van der Waals surface area contributed by atoms with Gasteiger partial charge < -0.3 is 4.74 Å². The van der Waals surface area contributed by atoms with Gasteiger partial charge in [0.2, 0.25) is 0 Å². The lowest BCUT2D eigenvalue weighted by Gasteiger charge is -2.53. The van der Waals surface area contributed by atoms with Crippen molar-refractivity contribution in [1.29, 1.82) is 0 Å². The van der Waals surface area contributed by atoms with Crippen LogP contribution in [0.25, 0.3) is 0 Å². The van der Waals surface area contributed by atoms with E-state index < -0.39 is 0 Å². The third kappa shape index (κ3) is 1.59. The van der Waals surface area contributed by atoms with Gasteiger partial charge in [-0.05, 0) is 62.7 Å². The topological polar surface area (TPSA) is 26.3 Å². The Balaban J connectivity index is 1.72. The Morgan fingerprint density at radius 2 is 1.56 bits per heavy atom. The molecular formula is C14H20O2. The average molecular weight is 220 g/mol. The molecule has 2 nitrogen and oxygen atoms in total. The lowest BCUT2D eigenvalue weighted by Crippen LogP contribution is -2.50. The van der Waals surface area contributed by atoms with Crippen LogP contribution in [0.3, 0.4) is 0 Å². The predicted molar refractivity (Wildman–Crippen MR) is 61.7 cm³/mol. The molecule has 16 heavy (non-hydrogen) atoms. The molecular weight excluding hydrogens is 200 g/mol. The highest BCUT2D eigenvalue weighted by Gasteiger charge is 2.49. The molecule has 0 amide bonds. The summed E-state index contributed by atoms with van der Waals surface area (Å²) in [5.41, 5.74) is 0.536. The van der Waals surface area contributed by atoms with Gasteiger partial charge in [0.15, 0.2) is 0 Å². The maximum atomic E-state index is 11.6. The van der Waals surface area contributed by atoms with E-state index in [2.05, 4.69) is 6.58 Å². The van der Waals surface area contributed by atoms with E-state index in [-0.39, 0.29) is 12.1 Å². The van der Waals surface area contributed by atoms with Crippen molar-refractivity contribution in [3.8, 4) is 0 Å². The van der Waals surface area contributed by atoms with E-state index in [1.807, 2.05) is 0 Å². The molecule has 0 N–H and O–H groups in total. The van der Waals surface area contributed by atoms with E-state index in [0.29, 0.717) is 17.4 Å². The van der Waals surface area contributed by atoms with Crippen molar-refractivity contribution in [1.82, 2.24) is 0 Å². The molecule has 0 radical (unpaired) electrons. The van der Waals surface area contributed by atoms with E-state index in [1.165, 1.54) is 32.1 Å². The molecule has 0 aliphatic heterocycles. The van der Waals surface area contributed by atoms with Crippen molar-refractivity contribution < 1.29 is 9.53 Å². The first-order valence-electron chi connectivity index (χ1n) is 6.50. The molecule has 0 aromatic rings. The molecule has 2 heteroatoms. The van der Waals surface area contributed by atoms with Gasteiger partial charge in [-0.25, -0.2) is 4.79 Å². The van der Waals surface area contributed by atoms with Gasteiger partial charge in [-0.2, -0.15) is 0 Å². The molecule has 4 aliphatic rings. The van der Waals surface area contributed by atoms with Crippen molar-refractivity contribution in [2.24, 2.45) is 23.7 Å². The lowest BCUT2D eigenvalue weighted by molar-refractivity contribution is -0.166. The van der Waals surface area contributed by atoms with Crippen LogP contribution in [0.4, 0.5) is 0 Å². The molecule has 0 aromatic heterocycles. The highest BCUT2D eigenvalue weighted by molar-refractivity contribution is 5.87. The summed E-state index contributed by atoms with van der Waals surface area (Å²) >= 11 is 0.